The maximum atomic E-state index is 9.85. The van der Waals surface area contributed by atoms with Gasteiger partial charge in [-0.25, -0.2) is 0 Å². The lowest BCUT2D eigenvalue weighted by atomic mass is 10.3. The summed E-state index contributed by atoms with van der Waals surface area (Å²) in [7, 11) is 0. The second-order valence-corrected chi connectivity index (χ2v) is 2.27. The molecule has 0 aromatic carbocycles. The van der Waals surface area contributed by atoms with Gasteiger partial charge in [-0.1, -0.05) is 6.92 Å². The maximum Gasteiger partial charge on any atom is 0.119 e. The minimum absolute atomic E-state index is 0.676. The van der Waals surface area contributed by atoms with Crippen molar-refractivity contribution in [2.45, 2.75) is 32.6 Å². The fourth-order valence-electron chi connectivity index (χ4n) is 0.678. The number of aldehydes is 1. The maximum absolute atomic E-state index is 9.85. The first kappa shape index (κ1) is 9.63. The molecule has 0 unspecified atom stereocenters. The lowest BCUT2D eigenvalue weighted by Gasteiger charge is -1.99. The molecule has 0 spiro atoms. The molecule has 0 atom stereocenters. The van der Waals surface area contributed by atoms with Gasteiger partial charge in [-0.3, -0.25) is 0 Å². The van der Waals surface area contributed by atoms with Crippen molar-refractivity contribution in [2.24, 2.45) is 0 Å². The topological polar surface area (TPSA) is 26.3 Å². The molecule has 0 fully saturated rings. The summed E-state index contributed by atoms with van der Waals surface area (Å²) >= 11 is 0. The van der Waals surface area contributed by atoms with Crippen LogP contribution in [0.5, 0.6) is 0 Å². The standard InChI is InChI=1S/C8H16O2/c1-2-7-10-8-5-3-4-6-9/h6H,2-5,7-8H2,1H3. The number of unbranched alkanes of at least 4 members (excludes halogenated alkanes) is 2. The number of rotatable bonds is 7. The zero-order valence-corrected chi connectivity index (χ0v) is 6.64. The molecule has 60 valence electrons. The number of carbonyl (C=O) groups excluding carboxylic acids is 1. The van der Waals surface area contributed by atoms with Crippen molar-refractivity contribution in [3.63, 3.8) is 0 Å². The van der Waals surface area contributed by atoms with E-state index in [-0.39, 0.29) is 0 Å². The van der Waals surface area contributed by atoms with E-state index in [2.05, 4.69) is 6.92 Å². The molecule has 0 saturated carbocycles. The van der Waals surface area contributed by atoms with E-state index >= 15 is 0 Å². The molecule has 0 N–H and O–H groups in total. The van der Waals surface area contributed by atoms with Crippen LogP contribution in [0, 0.1) is 0 Å². The molecule has 0 aliphatic heterocycles. The van der Waals surface area contributed by atoms with Crippen molar-refractivity contribution in [1.82, 2.24) is 0 Å². The summed E-state index contributed by atoms with van der Waals surface area (Å²) in [5.41, 5.74) is 0. The van der Waals surface area contributed by atoms with Crippen molar-refractivity contribution in [1.29, 1.82) is 0 Å². The van der Waals surface area contributed by atoms with Crippen molar-refractivity contribution < 1.29 is 9.53 Å². The predicted octanol–water partition coefficient (Wildman–Crippen LogP) is 1.78. The van der Waals surface area contributed by atoms with E-state index in [1.165, 1.54) is 0 Å². The Morgan fingerprint density at radius 2 is 2.10 bits per heavy atom. The van der Waals surface area contributed by atoms with Crippen LogP contribution in [0.3, 0.4) is 0 Å². The Hall–Kier alpha value is -0.370. The van der Waals surface area contributed by atoms with Crippen LogP contribution in [0.15, 0.2) is 0 Å². The van der Waals surface area contributed by atoms with Crippen LogP contribution in [-0.2, 0) is 9.53 Å². The third kappa shape index (κ3) is 7.63. The Kier molecular flexibility index (Phi) is 8.31. The highest BCUT2D eigenvalue weighted by molar-refractivity contribution is 5.48. The zero-order chi connectivity index (χ0) is 7.66. The van der Waals surface area contributed by atoms with E-state index in [4.69, 9.17) is 4.74 Å². The summed E-state index contributed by atoms with van der Waals surface area (Å²) in [5, 5.41) is 0. The summed E-state index contributed by atoms with van der Waals surface area (Å²) < 4.78 is 5.21. The van der Waals surface area contributed by atoms with Crippen LogP contribution in [-0.4, -0.2) is 19.5 Å². The first-order valence-electron chi connectivity index (χ1n) is 3.93. The van der Waals surface area contributed by atoms with Crippen LogP contribution in [0.1, 0.15) is 32.6 Å². The normalized spacial score (nSPS) is 9.70. The smallest absolute Gasteiger partial charge is 0.119 e. The van der Waals surface area contributed by atoms with Gasteiger partial charge in [0.1, 0.15) is 6.29 Å². The van der Waals surface area contributed by atoms with Crippen LogP contribution < -0.4 is 0 Å². The van der Waals surface area contributed by atoms with Crippen LogP contribution >= 0.6 is 0 Å². The van der Waals surface area contributed by atoms with Gasteiger partial charge < -0.3 is 9.53 Å². The molecule has 0 rings (SSSR count). The highest BCUT2D eigenvalue weighted by Crippen LogP contribution is 1.93. The Balaban J connectivity index is 2.70. The Labute approximate surface area is 62.6 Å². The fourth-order valence-corrected chi connectivity index (χ4v) is 0.678. The Morgan fingerprint density at radius 3 is 2.70 bits per heavy atom. The third-order valence-electron chi connectivity index (χ3n) is 1.21. The number of ether oxygens (including phenoxy) is 1. The minimum Gasteiger partial charge on any atom is -0.381 e. The molecule has 0 radical (unpaired) electrons. The highest BCUT2D eigenvalue weighted by Gasteiger charge is 1.86. The second kappa shape index (κ2) is 8.63. The van der Waals surface area contributed by atoms with E-state index in [9.17, 15) is 4.79 Å². The minimum atomic E-state index is 0.676. The summed E-state index contributed by atoms with van der Waals surface area (Å²) in [6.07, 6.45) is 4.69. The second-order valence-electron chi connectivity index (χ2n) is 2.27. The zero-order valence-electron chi connectivity index (χ0n) is 6.64. The highest BCUT2D eigenvalue weighted by atomic mass is 16.5. The SMILES string of the molecule is CCCOCCCCC=O. The van der Waals surface area contributed by atoms with Gasteiger partial charge in [-0.15, -0.1) is 0 Å². The fraction of sp³-hybridized carbons (Fsp3) is 0.875. The Morgan fingerprint density at radius 1 is 1.30 bits per heavy atom. The quantitative estimate of drug-likeness (QED) is 0.402. The molecule has 2 nitrogen and oxygen atoms in total. The van der Waals surface area contributed by atoms with Gasteiger partial charge in [-0.2, -0.15) is 0 Å². The van der Waals surface area contributed by atoms with Crippen molar-refractivity contribution >= 4 is 6.29 Å². The van der Waals surface area contributed by atoms with Gasteiger partial charge in [0.15, 0.2) is 0 Å². The molecule has 0 bridgehead atoms. The lowest BCUT2D eigenvalue weighted by Crippen LogP contribution is -1.95. The van der Waals surface area contributed by atoms with Crippen LogP contribution in [0.2, 0.25) is 0 Å². The summed E-state index contributed by atoms with van der Waals surface area (Å²) in [4.78, 5) is 9.85. The number of carbonyl (C=O) groups is 1. The van der Waals surface area contributed by atoms with Crippen molar-refractivity contribution in [3.05, 3.63) is 0 Å². The monoisotopic (exact) mass is 144 g/mol. The van der Waals surface area contributed by atoms with E-state index in [0.717, 1.165) is 38.8 Å². The molecule has 0 aliphatic rings. The number of hydrogen-bond acceptors (Lipinski definition) is 2. The molecule has 0 saturated heterocycles. The van der Waals surface area contributed by atoms with Crippen LogP contribution in [0.25, 0.3) is 0 Å². The molecular weight excluding hydrogens is 128 g/mol. The van der Waals surface area contributed by atoms with E-state index in [1.54, 1.807) is 0 Å². The van der Waals surface area contributed by atoms with Gasteiger partial charge >= 0.3 is 0 Å². The third-order valence-corrected chi connectivity index (χ3v) is 1.21. The Bertz CT molecular complexity index is 71.7. The van der Waals surface area contributed by atoms with Gasteiger partial charge in [0, 0.05) is 19.6 Å². The lowest BCUT2D eigenvalue weighted by molar-refractivity contribution is -0.108. The molecule has 0 aromatic rings. The van der Waals surface area contributed by atoms with Crippen LogP contribution in [0.4, 0.5) is 0 Å². The van der Waals surface area contributed by atoms with Crippen molar-refractivity contribution in [3.8, 4) is 0 Å². The first-order valence-corrected chi connectivity index (χ1v) is 3.93. The van der Waals surface area contributed by atoms with Gasteiger partial charge in [0.05, 0.1) is 0 Å². The van der Waals surface area contributed by atoms with E-state index in [0.29, 0.717) is 6.42 Å². The van der Waals surface area contributed by atoms with Crippen molar-refractivity contribution in [2.75, 3.05) is 13.2 Å². The average molecular weight is 144 g/mol. The molecule has 10 heavy (non-hydrogen) atoms. The molecule has 0 aliphatic carbocycles. The van der Waals surface area contributed by atoms with E-state index in [1.807, 2.05) is 0 Å². The van der Waals surface area contributed by atoms with E-state index < -0.39 is 0 Å². The van der Waals surface area contributed by atoms with Gasteiger partial charge in [0.2, 0.25) is 0 Å². The van der Waals surface area contributed by atoms with Gasteiger partial charge in [0.25, 0.3) is 0 Å². The summed E-state index contributed by atoms with van der Waals surface area (Å²) in [6, 6.07) is 0. The predicted molar refractivity (Wildman–Crippen MR) is 41.0 cm³/mol. The number of hydrogen-bond donors (Lipinski definition) is 0. The average Bonchev–Trinajstić information content (AvgIpc) is 1.97. The molecule has 0 aromatic heterocycles. The molecule has 2 heteroatoms. The summed E-state index contributed by atoms with van der Waals surface area (Å²) in [5.74, 6) is 0. The molecule has 0 heterocycles. The molecular formula is C8H16O2. The molecule has 0 amide bonds. The van der Waals surface area contributed by atoms with Gasteiger partial charge in [-0.05, 0) is 19.3 Å². The summed E-state index contributed by atoms with van der Waals surface area (Å²) in [6.45, 7) is 3.74. The first-order chi connectivity index (χ1) is 4.91. The largest absolute Gasteiger partial charge is 0.381 e.